The van der Waals surface area contributed by atoms with Gasteiger partial charge in [-0.05, 0) is 32.4 Å². The number of likely N-dealkylation sites (N-methyl/N-ethyl adjacent to an activating group) is 1. The van der Waals surface area contributed by atoms with Gasteiger partial charge in [-0.3, -0.25) is 4.68 Å². The number of nitrogens with zero attached hydrogens (tertiary/aromatic N) is 2. The van der Waals surface area contributed by atoms with Crippen molar-refractivity contribution in [2.24, 2.45) is 7.05 Å². The van der Waals surface area contributed by atoms with Crippen LogP contribution in [0.1, 0.15) is 35.3 Å². The van der Waals surface area contributed by atoms with E-state index in [0.717, 1.165) is 29.4 Å². The van der Waals surface area contributed by atoms with Crippen LogP contribution in [0.3, 0.4) is 0 Å². The molecular weight excluding hydrogens is 270 g/mol. The van der Waals surface area contributed by atoms with Gasteiger partial charge in [-0.2, -0.15) is 5.10 Å². The number of aryl methyl sites for hydroxylation is 3. The molecule has 0 spiro atoms. The summed E-state index contributed by atoms with van der Waals surface area (Å²) >= 11 is 6.34. The van der Waals surface area contributed by atoms with Gasteiger partial charge in [0.2, 0.25) is 0 Å². The van der Waals surface area contributed by atoms with Crippen LogP contribution in [0.15, 0.2) is 24.3 Å². The lowest BCUT2D eigenvalue weighted by atomic mass is 9.98. The zero-order valence-electron chi connectivity index (χ0n) is 12.6. The highest BCUT2D eigenvalue weighted by Gasteiger charge is 2.17. The number of nitrogens with one attached hydrogen (secondary N) is 1. The molecule has 1 heterocycles. The van der Waals surface area contributed by atoms with Gasteiger partial charge in [0.05, 0.1) is 5.69 Å². The fraction of sp³-hybridized carbons (Fsp3) is 0.438. The van der Waals surface area contributed by atoms with E-state index in [4.69, 9.17) is 11.6 Å². The van der Waals surface area contributed by atoms with Gasteiger partial charge in [-0.15, -0.1) is 0 Å². The molecule has 1 aromatic carbocycles. The summed E-state index contributed by atoms with van der Waals surface area (Å²) in [5.74, 6) is 0. The van der Waals surface area contributed by atoms with Crippen molar-refractivity contribution in [3.8, 4) is 0 Å². The minimum absolute atomic E-state index is 0.265. The Hall–Kier alpha value is -1.32. The molecule has 2 aromatic rings. The Labute approximate surface area is 126 Å². The van der Waals surface area contributed by atoms with E-state index in [1.165, 1.54) is 11.1 Å². The van der Waals surface area contributed by atoms with Crippen molar-refractivity contribution in [3.05, 3.63) is 51.8 Å². The van der Waals surface area contributed by atoms with Gasteiger partial charge in [0.1, 0.15) is 5.15 Å². The summed E-state index contributed by atoms with van der Waals surface area (Å²) in [7, 11) is 1.88. The maximum absolute atomic E-state index is 6.34. The molecule has 20 heavy (non-hydrogen) atoms. The summed E-state index contributed by atoms with van der Waals surface area (Å²) < 4.78 is 1.74. The molecule has 1 N–H and O–H groups in total. The van der Waals surface area contributed by atoms with E-state index < -0.39 is 0 Å². The highest BCUT2D eigenvalue weighted by molar-refractivity contribution is 6.30. The van der Waals surface area contributed by atoms with E-state index in [0.29, 0.717) is 0 Å². The van der Waals surface area contributed by atoms with E-state index in [-0.39, 0.29) is 6.04 Å². The van der Waals surface area contributed by atoms with Crippen LogP contribution >= 0.6 is 11.6 Å². The predicted molar refractivity (Wildman–Crippen MR) is 84.3 cm³/mol. The molecule has 1 unspecified atom stereocenters. The summed E-state index contributed by atoms with van der Waals surface area (Å²) in [6, 6.07) is 8.93. The smallest absolute Gasteiger partial charge is 0.130 e. The maximum atomic E-state index is 6.34. The highest BCUT2D eigenvalue weighted by atomic mass is 35.5. The monoisotopic (exact) mass is 291 g/mol. The van der Waals surface area contributed by atoms with Gasteiger partial charge < -0.3 is 5.32 Å². The number of aromatic nitrogens is 2. The number of halogens is 1. The Balaban J connectivity index is 2.27. The lowest BCUT2D eigenvalue weighted by Crippen LogP contribution is -2.23. The van der Waals surface area contributed by atoms with E-state index in [2.05, 4.69) is 48.5 Å². The Morgan fingerprint density at radius 1 is 1.25 bits per heavy atom. The van der Waals surface area contributed by atoms with Crippen molar-refractivity contribution >= 4 is 11.6 Å². The first-order chi connectivity index (χ1) is 9.52. The van der Waals surface area contributed by atoms with Crippen LogP contribution in [-0.4, -0.2) is 16.3 Å². The second-order valence-electron chi connectivity index (χ2n) is 5.20. The van der Waals surface area contributed by atoms with E-state index >= 15 is 0 Å². The van der Waals surface area contributed by atoms with Crippen LogP contribution in [0.2, 0.25) is 5.15 Å². The summed E-state index contributed by atoms with van der Waals surface area (Å²) in [4.78, 5) is 0. The predicted octanol–water partition coefficient (Wildman–Crippen LogP) is 3.58. The Bertz CT molecular complexity index is 572. The van der Waals surface area contributed by atoms with E-state index in [1.54, 1.807) is 4.68 Å². The zero-order chi connectivity index (χ0) is 14.7. The lowest BCUT2D eigenvalue weighted by molar-refractivity contribution is 0.548. The van der Waals surface area contributed by atoms with Gasteiger partial charge in [0.15, 0.2) is 0 Å². The van der Waals surface area contributed by atoms with Crippen molar-refractivity contribution < 1.29 is 0 Å². The molecule has 4 heteroatoms. The first kappa shape index (κ1) is 15.1. The second kappa shape index (κ2) is 6.42. The molecule has 0 amide bonds. The van der Waals surface area contributed by atoms with Gasteiger partial charge in [-0.25, -0.2) is 0 Å². The van der Waals surface area contributed by atoms with Crippen molar-refractivity contribution in [1.82, 2.24) is 15.1 Å². The molecule has 1 atom stereocenters. The van der Waals surface area contributed by atoms with Crippen molar-refractivity contribution in [3.63, 3.8) is 0 Å². The van der Waals surface area contributed by atoms with Crippen LogP contribution in [-0.2, 0) is 13.5 Å². The third-order valence-corrected chi connectivity index (χ3v) is 4.08. The third-order valence-electron chi connectivity index (χ3n) is 3.61. The number of rotatable bonds is 5. The molecular formula is C16H22ClN3. The van der Waals surface area contributed by atoms with Crippen LogP contribution < -0.4 is 5.32 Å². The topological polar surface area (TPSA) is 29.9 Å². The molecule has 3 nitrogen and oxygen atoms in total. The van der Waals surface area contributed by atoms with Crippen LogP contribution in [0.4, 0.5) is 0 Å². The average Bonchev–Trinajstić information content (AvgIpc) is 2.65. The van der Waals surface area contributed by atoms with E-state index in [1.807, 2.05) is 14.0 Å². The van der Waals surface area contributed by atoms with E-state index in [9.17, 15) is 0 Å². The Morgan fingerprint density at radius 2 is 1.90 bits per heavy atom. The lowest BCUT2D eigenvalue weighted by Gasteiger charge is -2.18. The average molecular weight is 292 g/mol. The molecule has 0 fully saturated rings. The molecule has 2 rings (SSSR count). The Morgan fingerprint density at radius 3 is 2.40 bits per heavy atom. The van der Waals surface area contributed by atoms with Crippen molar-refractivity contribution in [1.29, 1.82) is 0 Å². The largest absolute Gasteiger partial charge is 0.310 e. The maximum Gasteiger partial charge on any atom is 0.130 e. The van der Waals surface area contributed by atoms with Crippen LogP contribution in [0.5, 0.6) is 0 Å². The van der Waals surface area contributed by atoms with Crippen molar-refractivity contribution in [2.75, 3.05) is 6.54 Å². The van der Waals surface area contributed by atoms with Crippen molar-refractivity contribution in [2.45, 2.75) is 33.2 Å². The molecule has 0 aliphatic rings. The molecule has 1 aromatic heterocycles. The molecule has 0 radical (unpaired) electrons. The molecule has 0 aliphatic carbocycles. The number of benzene rings is 1. The standard InChI is InChI=1S/C16H22ClN3/c1-5-18-15(13-8-6-11(2)7-9-13)10-14-12(3)19-20(4)16(14)17/h6-9,15,18H,5,10H2,1-4H3. The van der Waals surface area contributed by atoms with Gasteiger partial charge in [-0.1, -0.05) is 48.4 Å². The summed E-state index contributed by atoms with van der Waals surface area (Å²) in [5.41, 5.74) is 4.70. The van der Waals surface area contributed by atoms with Crippen LogP contribution in [0, 0.1) is 13.8 Å². The first-order valence-electron chi connectivity index (χ1n) is 7.00. The fourth-order valence-electron chi connectivity index (χ4n) is 2.46. The molecule has 0 saturated carbocycles. The fourth-order valence-corrected chi connectivity index (χ4v) is 2.71. The highest BCUT2D eigenvalue weighted by Crippen LogP contribution is 2.26. The number of hydrogen-bond donors (Lipinski definition) is 1. The molecule has 108 valence electrons. The summed E-state index contributed by atoms with van der Waals surface area (Å²) in [6.07, 6.45) is 0.857. The first-order valence-corrected chi connectivity index (χ1v) is 7.38. The van der Waals surface area contributed by atoms with Crippen LogP contribution in [0.25, 0.3) is 0 Å². The zero-order valence-corrected chi connectivity index (χ0v) is 13.3. The summed E-state index contributed by atoms with van der Waals surface area (Å²) in [5, 5.41) is 8.66. The number of hydrogen-bond acceptors (Lipinski definition) is 2. The van der Waals surface area contributed by atoms with Gasteiger partial charge in [0, 0.05) is 18.7 Å². The van der Waals surface area contributed by atoms with Gasteiger partial charge >= 0.3 is 0 Å². The minimum atomic E-state index is 0.265. The quantitative estimate of drug-likeness (QED) is 0.912. The molecule has 0 bridgehead atoms. The third kappa shape index (κ3) is 3.22. The molecule has 0 aliphatic heterocycles. The summed E-state index contributed by atoms with van der Waals surface area (Å²) in [6.45, 7) is 7.17. The van der Waals surface area contributed by atoms with Gasteiger partial charge in [0.25, 0.3) is 0 Å². The Kier molecular flexibility index (Phi) is 4.84. The normalized spacial score (nSPS) is 12.7. The SMILES string of the molecule is CCNC(Cc1c(C)nn(C)c1Cl)c1ccc(C)cc1. The molecule has 0 saturated heterocycles. The second-order valence-corrected chi connectivity index (χ2v) is 5.56. The minimum Gasteiger partial charge on any atom is -0.310 e.